The molecule has 3 fully saturated rings. The Hall–Kier alpha value is -0.120. The first-order valence-electron chi connectivity index (χ1n) is 6.90. The van der Waals surface area contributed by atoms with Gasteiger partial charge in [-0.2, -0.15) is 0 Å². The lowest BCUT2D eigenvalue weighted by Crippen LogP contribution is -2.50. The van der Waals surface area contributed by atoms with E-state index in [4.69, 9.17) is 4.74 Å². The SMILES string of the molecule is O[C@@H]1CCCC[C@H]1NC1CCOC1C1CC1. The Kier molecular flexibility index (Phi) is 3.18. The van der Waals surface area contributed by atoms with Crippen LogP contribution in [-0.2, 0) is 4.74 Å². The minimum atomic E-state index is -0.130. The van der Waals surface area contributed by atoms with Crippen molar-refractivity contribution in [2.45, 2.75) is 69.2 Å². The van der Waals surface area contributed by atoms with E-state index in [9.17, 15) is 5.11 Å². The monoisotopic (exact) mass is 225 g/mol. The molecule has 0 aromatic heterocycles. The molecule has 2 saturated carbocycles. The first-order chi connectivity index (χ1) is 7.84. The molecule has 1 aliphatic heterocycles. The molecule has 3 heteroatoms. The highest BCUT2D eigenvalue weighted by molar-refractivity contribution is 4.96. The Morgan fingerprint density at radius 1 is 0.938 bits per heavy atom. The molecular weight excluding hydrogens is 202 g/mol. The van der Waals surface area contributed by atoms with Crippen molar-refractivity contribution < 1.29 is 9.84 Å². The molecule has 2 N–H and O–H groups in total. The van der Waals surface area contributed by atoms with Crippen LogP contribution >= 0.6 is 0 Å². The topological polar surface area (TPSA) is 41.5 Å². The summed E-state index contributed by atoms with van der Waals surface area (Å²) in [4.78, 5) is 0. The highest BCUT2D eigenvalue weighted by atomic mass is 16.5. The normalized spacial score (nSPS) is 44.8. The fourth-order valence-electron chi connectivity index (χ4n) is 3.26. The highest BCUT2D eigenvalue weighted by Gasteiger charge is 2.41. The molecule has 0 aromatic carbocycles. The summed E-state index contributed by atoms with van der Waals surface area (Å²) < 4.78 is 5.82. The van der Waals surface area contributed by atoms with Crippen LogP contribution in [0.5, 0.6) is 0 Å². The quantitative estimate of drug-likeness (QED) is 0.764. The van der Waals surface area contributed by atoms with E-state index < -0.39 is 0 Å². The van der Waals surface area contributed by atoms with Crippen molar-refractivity contribution in [1.82, 2.24) is 5.32 Å². The predicted molar refractivity (Wildman–Crippen MR) is 62.3 cm³/mol. The fourth-order valence-corrected chi connectivity index (χ4v) is 3.26. The second-order valence-corrected chi connectivity index (χ2v) is 5.69. The number of aliphatic hydroxyl groups is 1. The number of hydrogen-bond donors (Lipinski definition) is 2. The van der Waals surface area contributed by atoms with Crippen molar-refractivity contribution >= 4 is 0 Å². The van der Waals surface area contributed by atoms with Crippen molar-refractivity contribution in [2.75, 3.05) is 6.61 Å². The molecule has 0 amide bonds. The minimum absolute atomic E-state index is 0.130. The standard InChI is InChI=1S/C13H23NO2/c15-12-4-2-1-3-10(12)14-11-7-8-16-13(11)9-5-6-9/h9-15H,1-8H2/t10-,11?,12-,13?/m1/s1. The van der Waals surface area contributed by atoms with E-state index in [1.807, 2.05) is 0 Å². The van der Waals surface area contributed by atoms with Crippen LogP contribution in [0, 0.1) is 5.92 Å². The number of nitrogens with one attached hydrogen (secondary N) is 1. The van der Waals surface area contributed by atoms with Gasteiger partial charge in [0.1, 0.15) is 0 Å². The van der Waals surface area contributed by atoms with Gasteiger partial charge in [0.15, 0.2) is 0 Å². The van der Waals surface area contributed by atoms with Gasteiger partial charge in [-0.1, -0.05) is 12.8 Å². The van der Waals surface area contributed by atoms with Gasteiger partial charge in [-0.25, -0.2) is 0 Å². The lowest BCUT2D eigenvalue weighted by atomic mass is 9.91. The molecule has 2 aliphatic carbocycles. The van der Waals surface area contributed by atoms with Gasteiger partial charge in [0.25, 0.3) is 0 Å². The van der Waals surface area contributed by atoms with Crippen LogP contribution < -0.4 is 5.32 Å². The molecule has 3 aliphatic rings. The van der Waals surface area contributed by atoms with Gasteiger partial charge in [0.05, 0.1) is 12.2 Å². The van der Waals surface area contributed by atoms with Crippen molar-refractivity contribution in [3.63, 3.8) is 0 Å². The Morgan fingerprint density at radius 3 is 2.50 bits per heavy atom. The molecule has 0 bridgehead atoms. The number of aliphatic hydroxyl groups excluding tert-OH is 1. The number of ether oxygens (including phenoxy) is 1. The Labute approximate surface area is 97.6 Å². The maximum absolute atomic E-state index is 9.97. The Morgan fingerprint density at radius 2 is 1.75 bits per heavy atom. The van der Waals surface area contributed by atoms with E-state index in [-0.39, 0.29) is 6.10 Å². The summed E-state index contributed by atoms with van der Waals surface area (Å²) in [6.45, 7) is 0.904. The third-order valence-corrected chi connectivity index (χ3v) is 4.38. The second-order valence-electron chi connectivity index (χ2n) is 5.69. The molecule has 0 radical (unpaired) electrons. The van der Waals surface area contributed by atoms with Crippen LogP contribution in [0.4, 0.5) is 0 Å². The molecular formula is C13H23NO2. The first-order valence-corrected chi connectivity index (χ1v) is 6.90. The molecule has 3 nitrogen and oxygen atoms in total. The minimum Gasteiger partial charge on any atom is -0.392 e. The van der Waals surface area contributed by atoms with Gasteiger partial charge in [-0.05, 0) is 38.0 Å². The maximum atomic E-state index is 9.97. The lowest BCUT2D eigenvalue weighted by Gasteiger charge is -2.32. The summed E-state index contributed by atoms with van der Waals surface area (Å²) in [5, 5.41) is 13.6. The van der Waals surface area contributed by atoms with E-state index in [0.717, 1.165) is 31.8 Å². The predicted octanol–water partition coefficient (Wildman–Crippen LogP) is 1.45. The van der Waals surface area contributed by atoms with Crippen LogP contribution in [0.3, 0.4) is 0 Å². The lowest BCUT2D eigenvalue weighted by molar-refractivity contribution is 0.0551. The van der Waals surface area contributed by atoms with Gasteiger partial charge >= 0.3 is 0 Å². The number of hydrogen-bond acceptors (Lipinski definition) is 3. The van der Waals surface area contributed by atoms with E-state index in [1.54, 1.807) is 0 Å². The average molecular weight is 225 g/mol. The molecule has 0 spiro atoms. The molecule has 0 aromatic rings. The molecule has 1 saturated heterocycles. The van der Waals surface area contributed by atoms with Gasteiger partial charge in [-0.15, -0.1) is 0 Å². The first kappa shape index (κ1) is 11.0. The van der Waals surface area contributed by atoms with E-state index in [1.165, 1.54) is 25.7 Å². The summed E-state index contributed by atoms with van der Waals surface area (Å²) in [5.74, 6) is 0.806. The van der Waals surface area contributed by atoms with Crippen LogP contribution in [0.1, 0.15) is 44.9 Å². The zero-order valence-corrected chi connectivity index (χ0v) is 9.90. The van der Waals surface area contributed by atoms with Gasteiger partial charge < -0.3 is 15.2 Å². The number of rotatable bonds is 3. The Balaban J connectivity index is 1.55. The van der Waals surface area contributed by atoms with Gasteiger partial charge in [-0.3, -0.25) is 0 Å². The molecule has 1 heterocycles. The summed E-state index contributed by atoms with van der Waals surface area (Å²) in [6.07, 6.45) is 8.68. The van der Waals surface area contributed by atoms with Crippen molar-refractivity contribution in [3.05, 3.63) is 0 Å². The summed E-state index contributed by atoms with van der Waals surface area (Å²) in [7, 11) is 0. The summed E-state index contributed by atoms with van der Waals surface area (Å²) >= 11 is 0. The van der Waals surface area contributed by atoms with Crippen LogP contribution in [-0.4, -0.2) is 36.0 Å². The van der Waals surface area contributed by atoms with Gasteiger partial charge in [0, 0.05) is 18.7 Å². The zero-order valence-electron chi connectivity index (χ0n) is 9.90. The van der Waals surface area contributed by atoms with Crippen LogP contribution in [0.2, 0.25) is 0 Å². The molecule has 4 atom stereocenters. The zero-order chi connectivity index (χ0) is 11.0. The third kappa shape index (κ3) is 2.27. The van der Waals surface area contributed by atoms with Crippen molar-refractivity contribution in [1.29, 1.82) is 0 Å². The van der Waals surface area contributed by atoms with E-state index >= 15 is 0 Å². The van der Waals surface area contributed by atoms with E-state index in [0.29, 0.717) is 18.2 Å². The smallest absolute Gasteiger partial charge is 0.0757 e. The molecule has 92 valence electrons. The largest absolute Gasteiger partial charge is 0.392 e. The second kappa shape index (κ2) is 4.63. The highest BCUT2D eigenvalue weighted by Crippen LogP contribution is 2.39. The third-order valence-electron chi connectivity index (χ3n) is 4.38. The molecule has 16 heavy (non-hydrogen) atoms. The van der Waals surface area contributed by atoms with Crippen molar-refractivity contribution in [3.8, 4) is 0 Å². The summed E-state index contributed by atoms with van der Waals surface area (Å²) in [5.41, 5.74) is 0. The Bertz CT molecular complexity index is 242. The summed E-state index contributed by atoms with van der Waals surface area (Å²) in [6, 6.07) is 0.826. The maximum Gasteiger partial charge on any atom is 0.0757 e. The van der Waals surface area contributed by atoms with Crippen molar-refractivity contribution in [2.24, 2.45) is 5.92 Å². The van der Waals surface area contributed by atoms with Crippen LogP contribution in [0.25, 0.3) is 0 Å². The van der Waals surface area contributed by atoms with E-state index in [2.05, 4.69) is 5.32 Å². The average Bonchev–Trinajstić information content (AvgIpc) is 3.03. The fraction of sp³-hybridized carbons (Fsp3) is 1.00. The van der Waals surface area contributed by atoms with Gasteiger partial charge in [0.2, 0.25) is 0 Å². The molecule has 2 unspecified atom stereocenters. The molecule has 3 rings (SSSR count). The van der Waals surface area contributed by atoms with Crippen LogP contribution in [0.15, 0.2) is 0 Å².